The molecule has 0 aliphatic rings. The van der Waals surface area contributed by atoms with Gasteiger partial charge in [-0.15, -0.1) is 0 Å². The van der Waals surface area contributed by atoms with Crippen molar-refractivity contribution in [1.82, 2.24) is 4.98 Å². The van der Waals surface area contributed by atoms with Gasteiger partial charge in [0.15, 0.2) is 0 Å². The van der Waals surface area contributed by atoms with Gasteiger partial charge in [-0.25, -0.2) is 0 Å². The lowest BCUT2D eigenvalue weighted by molar-refractivity contribution is 0.102. The number of nitrogens with zero attached hydrogens (tertiary/aromatic N) is 1. The molecule has 0 saturated heterocycles. The summed E-state index contributed by atoms with van der Waals surface area (Å²) in [7, 11) is 0. The molecule has 1 heterocycles. The van der Waals surface area contributed by atoms with E-state index in [1.165, 1.54) is 6.07 Å². The number of carbonyl (C=O) groups is 1. The van der Waals surface area contributed by atoms with Crippen LogP contribution in [0.15, 0.2) is 34.8 Å². The van der Waals surface area contributed by atoms with Crippen LogP contribution in [0.3, 0.4) is 0 Å². The van der Waals surface area contributed by atoms with Crippen LogP contribution in [-0.2, 0) is 0 Å². The highest BCUT2D eigenvalue weighted by molar-refractivity contribution is 9.10. The normalized spacial score (nSPS) is 10.3. The molecule has 1 aromatic heterocycles. The second-order valence-electron chi connectivity index (χ2n) is 3.53. The molecule has 3 nitrogen and oxygen atoms in total. The van der Waals surface area contributed by atoms with E-state index in [4.69, 9.17) is 11.6 Å². The van der Waals surface area contributed by atoms with Gasteiger partial charge in [-0.2, -0.15) is 13.8 Å². The Hall–Kier alpha value is -1.53. The molecular formula is C12H6BrClF2N2O. The predicted molar refractivity (Wildman–Crippen MR) is 71.3 cm³/mol. The van der Waals surface area contributed by atoms with Crippen LogP contribution in [0.25, 0.3) is 0 Å². The van der Waals surface area contributed by atoms with Gasteiger partial charge in [0.25, 0.3) is 5.91 Å². The molecule has 0 aliphatic carbocycles. The van der Waals surface area contributed by atoms with Gasteiger partial charge in [-0.05, 0) is 40.2 Å². The Morgan fingerprint density at radius 3 is 2.68 bits per heavy atom. The fraction of sp³-hybridized carbons (Fsp3) is 0. The average Bonchev–Trinajstić information content (AvgIpc) is 2.36. The molecule has 1 aromatic carbocycles. The second-order valence-corrected chi connectivity index (χ2v) is 4.76. The van der Waals surface area contributed by atoms with E-state index in [0.717, 1.165) is 12.1 Å². The van der Waals surface area contributed by atoms with Crippen molar-refractivity contribution < 1.29 is 13.6 Å². The third-order valence-electron chi connectivity index (χ3n) is 2.26. The highest BCUT2D eigenvalue weighted by atomic mass is 79.9. The number of benzene rings is 1. The minimum absolute atomic E-state index is 0.166. The van der Waals surface area contributed by atoms with Crippen LogP contribution in [0.2, 0.25) is 5.02 Å². The summed E-state index contributed by atoms with van der Waals surface area (Å²) in [6.07, 6.45) is 0. The first-order valence-electron chi connectivity index (χ1n) is 5.06. The van der Waals surface area contributed by atoms with Crippen molar-refractivity contribution in [2.24, 2.45) is 0 Å². The fourth-order valence-electron chi connectivity index (χ4n) is 1.37. The third-order valence-corrected chi connectivity index (χ3v) is 3.56. The van der Waals surface area contributed by atoms with Crippen LogP contribution < -0.4 is 5.32 Å². The van der Waals surface area contributed by atoms with Gasteiger partial charge in [0.05, 0.1) is 16.3 Å². The number of anilines is 1. The molecule has 0 spiro atoms. The molecular weight excluding hydrogens is 341 g/mol. The quantitative estimate of drug-likeness (QED) is 0.834. The van der Waals surface area contributed by atoms with Crippen LogP contribution in [0.1, 0.15) is 10.4 Å². The summed E-state index contributed by atoms with van der Waals surface area (Å²) < 4.78 is 26.5. The number of pyridine rings is 1. The lowest BCUT2D eigenvalue weighted by Gasteiger charge is -2.08. The Morgan fingerprint density at radius 1 is 1.26 bits per heavy atom. The lowest BCUT2D eigenvalue weighted by atomic mass is 10.2. The topological polar surface area (TPSA) is 42.0 Å². The highest BCUT2D eigenvalue weighted by Gasteiger charge is 2.15. The van der Waals surface area contributed by atoms with Crippen LogP contribution in [0.4, 0.5) is 14.5 Å². The van der Waals surface area contributed by atoms with Crippen molar-refractivity contribution in [3.05, 3.63) is 57.3 Å². The van der Waals surface area contributed by atoms with E-state index in [9.17, 15) is 13.6 Å². The van der Waals surface area contributed by atoms with Gasteiger partial charge in [-0.3, -0.25) is 4.79 Å². The summed E-state index contributed by atoms with van der Waals surface area (Å²) >= 11 is 9.12. The highest BCUT2D eigenvalue weighted by Crippen LogP contribution is 2.26. The molecule has 0 radical (unpaired) electrons. The summed E-state index contributed by atoms with van der Waals surface area (Å²) in [5.41, 5.74) is -0.0535. The average molecular weight is 348 g/mol. The fourth-order valence-corrected chi connectivity index (χ4v) is 1.95. The molecule has 7 heteroatoms. The Morgan fingerprint density at radius 2 is 2.00 bits per heavy atom. The minimum atomic E-state index is -1.10. The summed E-state index contributed by atoms with van der Waals surface area (Å²) in [6, 6.07) is 6.79. The number of rotatable bonds is 2. The summed E-state index contributed by atoms with van der Waals surface area (Å²) in [4.78, 5) is 14.9. The third kappa shape index (κ3) is 3.08. The van der Waals surface area contributed by atoms with E-state index in [-0.39, 0.29) is 16.3 Å². The predicted octanol–water partition coefficient (Wildman–Crippen LogP) is 4.03. The maximum absolute atomic E-state index is 13.3. The summed E-state index contributed by atoms with van der Waals surface area (Å²) in [5.74, 6) is -2.67. The summed E-state index contributed by atoms with van der Waals surface area (Å²) in [5, 5.41) is 2.48. The molecule has 1 N–H and O–H groups in total. The zero-order valence-electron chi connectivity index (χ0n) is 9.25. The van der Waals surface area contributed by atoms with Gasteiger partial charge in [0.2, 0.25) is 11.9 Å². The number of aromatic nitrogens is 1. The first-order chi connectivity index (χ1) is 8.99. The Kier molecular flexibility index (Phi) is 4.11. The maximum atomic E-state index is 13.3. The molecule has 2 rings (SSSR count). The first kappa shape index (κ1) is 13.9. The molecule has 1 amide bonds. The Labute approximate surface area is 120 Å². The van der Waals surface area contributed by atoms with Gasteiger partial charge < -0.3 is 5.32 Å². The van der Waals surface area contributed by atoms with Crippen molar-refractivity contribution >= 4 is 39.1 Å². The van der Waals surface area contributed by atoms with Crippen molar-refractivity contribution in [2.45, 2.75) is 0 Å². The SMILES string of the molecule is O=C(Nc1ccc(F)nc1F)c1cccc(Br)c1Cl. The molecule has 0 unspecified atom stereocenters. The lowest BCUT2D eigenvalue weighted by Crippen LogP contribution is -2.14. The Balaban J connectivity index is 2.28. The first-order valence-corrected chi connectivity index (χ1v) is 6.23. The molecule has 0 fully saturated rings. The number of carbonyl (C=O) groups excluding carboxylic acids is 1. The zero-order chi connectivity index (χ0) is 14.0. The smallest absolute Gasteiger partial charge is 0.257 e. The van der Waals surface area contributed by atoms with E-state index >= 15 is 0 Å². The maximum Gasteiger partial charge on any atom is 0.257 e. The number of halogens is 4. The van der Waals surface area contributed by atoms with E-state index in [2.05, 4.69) is 26.2 Å². The van der Waals surface area contributed by atoms with Gasteiger partial charge in [0, 0.05) is 4.47 Å². The monoisotopic (exact) mass is 346 g/mol. The van der Waals surface area contributed by atoms with Gasteiger partial charge in [-0.1, -0.05) is 17.7 Å². The van der Waals surface area contributed by atoms with E-state index < -0.39 is 17.8 Å². The van der Waals surface area contributed by atoms with Crippen molar-refractivity contribution in [1.29, 1.82) is 0 Å². The van der Waals surface area contributed by atoms with Gasteiger partial charge >= 0.3 is 0 Å². The van der Waals surface area contributed by atoms with Crippen LogP contribution in [0.5, 0.6) is 0 Å². The molecule has 19 heavy (non-hydrogen) atoms. The molecule has 0 saturated carbocycles. The number of nitrogens with one attached hydrogen (secondary N) is 1. The van der Waals surface area contributed by atoms with E-state index in [1.807, 2.05) is 0 Å². The molecule has 2 aromatic rings. The minimum Gasteiger partial charge on any atom is -0.318 e. The van der Waals surface area contributed by atoms with Crippen molar-refractivity contribution in [3.8, 4) is 0 Å². The van der Waals surface area contributed by atoms with Crippen LogP contribution in [-0.4, -0.2) is 10.9 Å². The van der Waals surface area contributed by atoms with Gasteiger partial charge in [0.1, 0.15) is 0 Å². The van der Waals surface area contributed by atoms with Crippen LogP contribution >= 0.6 is 27.5 Å². The molecule has 0 atom stereocenters. The van der Waals surface area contributed by atoms with Crippen molar-refractivity contribution in [2.75, 3.05) is 5.32 Å². The number of amides is 1. The number of hydrogen-bond acceptors (Lipinski definition) is 2. The Bertz CT molecular complexity index is 652. The molecule has 0 aliphatic heterocycles. The zero-order valence-corrected chi connectivity index (χ0v) is 11.6. The standard InChI is InChI=1S/C12H6BrClF2N2O/c13-7-3-1-2-6(10(7)14)12(19)17-8-4-5-9(15)18-11(8)16/h1-5H,(H,17,19). The molecule has 98 valence electrons. The largest absolute Gasteiger partial charge is 0.318 e. The second kappa shape index (κ2) is 5.63. The van der Waals surface area contributed by atoms with E-state index in [0.29, 0.717) is 4.47 Å². The number of hydrogen-bond donors (Lipinski definition) is 1. The molecule has 0 bridgehead atoms. The van der Waals surface area contributed by atoms with Crippen molar-refractivity contribution in [3.63, 3.8) is 0 Å². The van der Waals surface area contributed by atoms with Crippen LogP contribution in [0, 0.1) is 11.9 Å². The van der Waals surface area contributed by atoms with E-state index in [1.54, 1.807) is 12.1 Å². The summed E-state index contributed by atoms with van der Waals surface area (Å²) in [6.45, 7) is 0.